The van der Waals surface area contributed by atoms with Crippen molar-refractivity contribution >= 4 is 11.8 Å². The summed E-state index contributed by atoms with van der Waals surface area (Å²) in [6.45, 7) is 7.44. The van der Waals surface area contributed by atoms with E-state index in [0.29, 0.717) is 19.8 Å². The van der Waals surface area contributed by atoms with Crippen LogP contribution in [-0.2, 0) is 36.9 Å². The third-order valence-corrected chi connectivity index (χ3v) is 7.79. The van der Waals surface area contributed by atoms with Crippen molar-refractivity contribution in [2.24, 2.45) is 0 Å². The molecule has 2 aliphatic rings. The number of hydrogen-bond donors (Lipinski definition) is 0. The third kappa shape index (κ3) is 6.90. The predicted octanol–water partition coefficient (Wildman–Crippen LogP) is 6.31. The molecule has 2 aliphatic heterocycles. The van der Waals surface area contributed by atoms with Crippen LogP contribution < -0.4 is 0 Å². The highest BCUT2D eigenvalue weighted by molar-refractivity contribution is 8.00. The molecule has 0 aliphatic carbocycles. The number of rotatable bonds is 10. The average Bonchev–Trinajstić information content (AvgIpc) is 2.95. The molecule has 0 bridgehead atoms. The lowest BCUT2D eigenvalue weighted by Crippen LogP contribution is -2.62. The number of benzene rings is 3. The van der Waals surface area contributed by atoms with Crippen molar-refractivity contribution in [3.05, 3.63) is 120 Å². The smallest absolute Gasteiger partial charge is 0.184 e. The Hall–Kier alpha value is -2.45. The van der Waals surface area contributed by atoms with Gasteiger partial charge in [0.05, 0.1) is 19.8 Å². The van der Waals surface area contributed by atoms with Gasteiger partial charge in [-0.3, -0.25) is 0 Å². The van der Waals surface area contributed by atoms with Gasteiger partial charge in [-0.15, -0.1) is 11.8 Å². The summed E-state index contributed by atoms with van der Waals surface area (Å²) in [7, 11) is 0. The van der Waals surface area contributed by atoms with Crippen molar-refractivity contribution < 1.29 is 23.7 Å². The largest absolute Gasteiger partial charge is 0.368 e. The topological polar surface area (TPSA) is 46.2 Å². The van der Waals surface area contributed by atoms with Crippen molar-refractivity contribution in [1.82, 2.24) is 0 Å². The molecule has 6 heteroatoms. The first-order valence-corrected chi connectivity index (χ1v) is 13.8. The van der Waals surface area contributed by atoms with Crippen LogP contribution in [0.15, 0.2) is 103 Å². The highest BCUT2D eigenvalue weighted by Crippen LogP contribution is 2.40. The standard InChI is InChI=1S/C31H34O5S/c1-22(2)21-37-31-29(33-19-24-14-8-4-9-15-24)28(32-18-23-12-6-3-7-13-23)27-26(35-31)20-34-30(36-27)25-16-10-5-11-17-25/h3-17,26-31H,1,18-21H2,2H3/t26-,27-,28+,29-,30-,31?/m1/s1. The van der Waals surface area contributed by atoms with Crippen molar-refractivity contribution in [3.63, 3.8) is 0 Å². The second-order valence-corrected chi connectivity index (χ2v) is 10.6. The zero-order valence-corrected chi connectivity index (χ0v) is 21.9. The maximum atomic E-state index is 6.64. The molecule has 0 N–H and O–H groups in total. The first-order valence-electron chi connectivity index (χ1n) is 12.7. The van der Waals surface area contributed by atoms with Gasteiger partial charge in [-0.05, 0) is 18.1 Å². The van der Waals surface area contributed by atoms with Crippen LogP contribution in [0.5, 0.6) is 0 Å². The summed E-state index contributed by atoms with van der Waals surface area (Å²) in [6.07, 6.45) is -1.78. The summed E-state index contributed by atoms with van der Waals surface area (Å²) in [5.74, 6) is 0.771. The van der Waals surface area contributed by atoms with Crippen molar-refractivity contribution in [2.75, 3.05) is 12.4 Å². The molecule has 37 heavy (non-hydrogen) atoms. The van der Waals surface area contributed by atoms with Crippen molar-refractivity contribution in [2.45, 2.75) is 56.3 Å². The third-order valence-electron chi connectivity index (χ3n) is 6.42. The highest BCUT2D eigenvalue weighted by Gasteiger charge is 2.51. The van der Waals surface area contributed by atoms with Crippen molar-refractivity contribution in [3.8, 4) is 0 Å². The molecule has 3 aromatic rings. The fourth-order valence-electron chi connectivity index (χ4n) is 4.58. The van der Waals surface area contributed by atoms with Gasteiger partial charge in [-0.1, -0.05) is 103 Å². The molecule has 194 valence electrons. The minimum Gasteiger partial charge on any atom is -0.368 e. The molecule has 1 unspecified atom stereocenters. The molecule has 0 aromatic heterocycles. The van der Waals surface area contributed by atoms with E-state index < -0.39 is 6.29 Å². The van der Waals surface area contributed by atoms with Gasteiger partial charge in [0.1, 0.15) is 29.9 Å². The molecule has 5 rings (SSSR count). The summed E-state index contributed by atoms with van der Waals surface area (Å²) in [5.41, 5.74) is 4.01. The maximum Gasteiger partial charge on any atom is 0.184 e. The van der Waals surface area contributed by atoms with E-state index in [1.165, 1.54) is 0 Å². The minimum absolute atomic E-state index is 0.247. The van der Waals surface area contributed by atoms with E-state index >= 15 is 0 Å². The van der Waals surface area contributed by atoms with E-state index in [1.807, 2.05) is 73.7 Å². The molecule has 2 saturated heterocycles. The molecule has 2 heterocycles. The average molecular weight is 519 g/mol. The van der Waals surface area contributed by atoms with Crippen LogP contribution in [0.1, 0.15) is 29.9 Å². The van der Waals surface area contributed by atoms with Gasteiger partial charge >= 0.3 is 0 Å². The Labute approximate surface area is 223 Å². The highest BCUT2D eigenvalue weighted by atomic mass is 32.2. The first kappa shape index (κ1) is 26.2. The molecule has 0 saturated carbocycles. The molecular formula is C31H34O5S. The normalized spacial score (nSPS) is 27.4. The molecule has 0 radical (unpaired) electrons. The van der Waals surface area contributed by atoms with Crippen LogP contribution >= 0.6 is 11.8 Å². The number of fused-ring (bicyclic) bond motifs is 1. The lowest BCUT2D eigenvalue weighted by Gasteiger charge is -2.49. The molecular weight excluding hydrogens is 484 g/mol. The Kier molecular flexibility index (Phi) is 9.10. The fraction of sp³-hybridized carbons (Fsp3) is 0.355. The van der Waals surface area contributed by atoms with E-state index in [0.717, 1.165) is 28.0 Å². The molecule has 6 atom stereocenters. The van der Waals surface area contributed by atoms with Crippen LogP contribution in [0.4, 0.5) is 0 Å². The molecule has 0 spiro atoms. The Balaban J connectivity index is 1.41. The van der Waals surface area contributed by atoms with Crippen LogP contribution in [0.2, 0.25) is 0 Å². The number of thioether (sulfide) groups is 1. The van der Waals surface area contributed by atoms with Gasteiger partial charge in [0.15, 0.2) is 6.29 Å². The van der Waals surface area contributed by atoms with Gasteiger partial charge in [-0.2, -0.15) is 0 Å². The molecule has 0 amide bonds. The maximum absolute atomic E-state index is 6.64. The number of ether oxygens (including phenoxy) is 5. The zero-order valence-electron chi connectivity index (χ0n) is 21.1. The summed E-state index contributed by atoms with van der Waals surface area (Å²) >= 11 is 1.69. The lowest BCUT2D eigenvalue weighted by atomic mass is 9.98. The monoisotopic (exact) mass is 518 g/mol. The van der Waals surface area contributed by atoms with Crippen LogP contribution in [0.3, 0.4) is 0 Å². The predicted molar refractivity (Wildman–Crippen MR) is 146 cm³/mol. The van der Waals surface area contributed by atoms with E-state index in [1.54, 1.807) is 11.8 Å². The van der Waals surface area contributed by atoms with E-state index in [2.05, 4.69) is 30.8 Å². The van der Waals surface area contributed by atoms with Crippen molar-refractivity contribution in [1.29, 1.82) is 0 Å². The van der Waals surface area contributed by atoms with Gasteiger partial charge < -0.3 is 23.7 Å². The number of hydrogen-bond acceptors (Lipinski definition) is 6. The Bertz CT molecular complexity index is 1110. The van der Waals surface area contributed by atoms with E-state index in [-0.39, 0.29) is 29.9 Å². The minimum atomic E-state index is -0.483. The van der Waals surface area contributed by atoms with Crippen LogP contribution in [0, 0.1) is 0 Å². The molecule has 5 nitrogen and oxygen atoms in total. The van der Waals surface area contributed by atoms with Gasteiger partial charge in [-0.25, -0.2) is 0 Å². The summed E-state index contributed by atoms with van der Waals surface area (Å²) in [4.78, 5) is 0. The quantitative estimate of drug-likeness (QED) is 0.293. The van der Waals surface area contributed by atoms with E-state index in [9.17, 15) is 0 Å². The SMILES string of the molecule is C=C(C)CSC1O[C@@H]2CO[C@@H](c3ccccc3)O[C@H]2[C@H](OCc2ccccc2)[C@H]1OCc1ccccc1. The second-order valence-electron chi connectivity index (χ2n) is 9.51. The second kappa shape index (κ2) is 12.9. The van der Waals surface area contributed by atoms with Crippen LogP contribution in [-0.4, -0.2) is 42.2 Å². The molecule has 3 aromatic carbocycles. The molecule has 2 fully saturated rings. The summed E-state index contributed by atoms with van der Waals surface area (Å²) in [5, 5.41) is 0. The lowest BCUT2D eigenvalue weighted by molar-refractivity contribution is -0.329. The Morgan fingerprint density at radius 3 is 1.97 bits per heavy atom. The summed E-state index contributed by atoms with van der Waals surface area (Å²) in [6, 6.07) is 30.4. The van der Waals surface area contributed by atoms with Gasteiger partial charge in [0, 0.05) is 11.3 Å². The zero-order chi connectivity index (χ0) is 25.5. The van der Waals surface area contributed by atoms with Gasteiger partial charge in [0.2, 0.25) is 0 Å². The van der Waals surface area contributed by atoms with Crippen LogP contribution in [0.25, 0.3) is 0 Å². The summed E-state index contributed by atoms with van der Waals surface area (Å²) < 4.78 is 32.5. The fourth-order valence-corrected chi connectivity index (χ4v) is 5.68. The Morgan fingerprint density at radius 1 is 0.811 bits per heavy atom. The Morgan fingerprint density at radius 2 is 1.38 bits per heavy atom. The first-order chi connectivity index (χ1) is 18.2. The van der Waals surface area contributed by atoms with E-state index in [4.69, 9.17) is 23.7 Å². The van der Waals surface area contributed by atoms with Gasteiger partial charge in [0.25, 0.3) is 0 Å².